The molecule has 2 aliphatic heterocycles. The molecule has 0 unspecified atom stereocenters. The molecule has 0 spiro atoms. The predicted molar refractivity (Wildman–Crippen MR) is 91.8 cm³/mol. The van der Waals surface area contributed by atoms with E-state index < -0.39 is 0 Å². The lowest BCUT2D eigenvalue weighted by Gasteiger charge is -2.35. The molecule has 0 aromatic carbocycles. The minimum Gasteiger partial charge on any atom is -0.376 e. The Morgan fingerprint density at radius 2 is 2.38 bits per heavy atom. The number of hydrogen-bond acceptors (Lipinski definition) is 6. The van der Waals surface area contributed by atoms with Crippen LogP contribution in [0.15, 0.2) is 18.3 Å². The fraction of sp³-hybridized carbons (Fsp3) is 0.706. The molecular formula is C17H27N5O2. The van der Waals surface area contributed by atoms with E-state index in [2.05, 4.69) is 25.7 Å². The van der Waals surface area contributed by atoms with Gasteiger partial charge in [0, 0.05) is 38.5 Å². The molecule has 7 nitrogen and oxygen atoms in total. The van der Waals surface area contributed by atoms with E-state index >= 15 is 0 Å². The second-order valence-electron chi connectivity index (χ2n) is 6.64. The van der Waals surface area contributed by atoms with Gasteiger partial charge in [-0.1, -0.05) is 0 Å². The Labute approximate surface area is 143 Å². The molecule has 7 heteroatoms. The van der Waals surface area contributed by atoms with E-state index in [9.17, 15) is 4.79 Å². The summed E-state index contributed by atoms with van der Waals surface area (Å²) in [6, 6.07) is 3.95. The summed E-state index contributed by atoms with van der Waals surface area (Å²) in [4.78, 5) is 14.5. The van der Waals surface area contributed by atoms with Gasteiger partial charge in [0.2, 0.25) is 5.91 Å². The van der Waals surface area contributed by atoms with Gasteiger partial charge in [-0.25, -0.2) is 0 Å². The Kier molecular flexibility index (Phi) is 5.98. The molecule has 3 rings (SSSR count). The quantitative estimate of drug-likeness (QED) is 0.799. The number of carbonyl (C=O) groups excluding carboxylic acids is 1. The summed E-state index contributed by atoms with van der Waals surface area (Å²) in [6.45, 7) is 5.18. The molecule has 1 amide bonds. The van der Waals surface area contributed by atoms with Gasteiger partial charge in [0.15, 0.2) is 5.82 Å². The molecule has 1 aromatic heterocycles. The molecule has 3 atom stereocenters. The minimum atomic E-state index is -0.210. The lowest BCUT2D eigenvalue weighted by atomic mass is 10.0. The molecule has 0 saturated carbocycles. The zero-order valence-corrected chi connectivity index (χ0v) is 14.3. The van der Waals surface area contributed by atoms with Gasteiger partial charge in [-0.05, 0) is 44.7 Å². The molecular weight excluding hydrogens is 306 g/mol. The van der Waals surface area contributed by atoms with Crippen molar-refractivity contribution in [2.45, 2.75) is 50.8 Å². The fourth-order valence-electron chi connectivity index (χ4n) is 3.39. The Morgan fingerprint density at radius 3 is 3.12 bits per heavy atom. The lowest BCUT2D eigenvalue weighted by Crippen LogP contribution is -2.53. The Hall–Kier alpha value is -1.73. The third-order valence-electron chi connectivity index (χ3n) is 4.71. The Balaban J connectivity index is 1.44. The monoisotopic (exact) mass is 333 g/mol. The van der Waals surface area contributed by atoms with Crippen LogP contribution >= 0.6 is 0 Å². The minimum absolute atomic E-state index is 0.0436. The zero-order chi connectivity index (χ0) is 16.8. The molecule has 24 heavy (non-hydrogen) atoms. The van der Waals surface area contributed by atoms with E-state index in [1.807, 2.05) is 19.1 Å². The summed E-state index contributed by atoms with van der Waals surface area (Å²) in [5.41, 5.74) is 0. The second kappa shape index (κ2) is 8.39. The molecule has 0 aliphatic carbocycles. The van der Waals surface area contributed by atoms with Gasteiger partial charge in [-0.2, -0.15) is 5.10 Å². The number of aromatic nitrogens is 2. The van der Waals surface area contributed by atoms with E-state index in [0.29, 0.717) is 6.54 Å². The number of nitrogens with one attached hydrogen (secondary N) is 2. The average Bonchev–Trinajstić information content (AvgIpc) is 3.14. The molecule has 3 heterocycles. The van der Waals surface area contributed by atoms with Crippen LogP contribution in [0.5, 0.6) is 0 Å². The highest BCUT2D eigenvalue weighted by atomic mass is 16.5. The van der Waals surface area contributed by atoms with Crippen LogP contribution in [-0.4, -0.2) is 60.5 Å². The summed E-state index contributed by atoms with van der Waals surface area (Å²) in [5.74, 6) is 0.946. The molecule has 0 radical (unpaired) electrons. The number of nitrogens with zero attached hydrogens (tertiary/aromatic N) is 3. The predicted octanol–water partition coefficient (Wildman–Crippen LogP) is 0.719. The highest BCUT2D eigenvalue weighted by Gasteiger charge is 2.25. The van der Waals surface area contributed by atoms with Gasteiger partial charge in [-0.3, -0.25) is 4.79 Å². The van der Waals surface area contributed by atoms with Crippen LogP contribution in [0.1, 0.15) is 32.6 Å². The van der Waals surface area contributed by atoms with Crippen molar-refractivity contribution in [1.29, 1.82) is 0 Å². The topological polar surface area (TPSA) is 79.4 Å². The number of anilines is 1. The van der Waals surface area contributed by atoms with Gasteiger partial charge in [-0.15, -0.1) is 5.10 Å². The van der Waals surface area contributed by atoms with Gasteiger partial charge in [0.25, 0.3) is 0 Å². The molecule has 2 N–H and O–H groups in total. The second-order valence-corrected chi connectivity index (χ2v) is 6.64. The zero-order valence-electron chi connectivity index (χ0n) is 14.3. The van der Waals surface area contributed by atoms with Crippen molar-refractivity contribution in [3.05, 3.63) is 18.3 Å². The van der Waals surface area contributed by atoms with Crippen LogP contribution in [0.3, 0.4) is 0 Å². The fourth-order valence-corrected chi connectivity index (χ4v) is 3.39. The third-order valence-corrected chi connectivity index (χ3v) is 4.71. The van der Waals surface area contributed by atoms with Crippen LogP contribution in [0, 0.1) is 0 Å². The smallest absolute Gasteiger partial charge is 0.236 e. The first-order chi connectivity index (χ1) is 11.7. The number of hydrogen-bond donors (Lipinski definition) is 2. The maximum atomic E-state index is 12.3. The van der Waals surface area contributed by atoms with Crippen molar-refractivity contribution >= 4 is 11.7 Å². The Bertz CT molecular complexity index is 521. The van der Waals surface area contributed by atoms with Crippen LogP contribution in [0.4, 0.5) is 5.82 Å². The summed E-state index contributed by atoms with van der Waals surface area (Å²) in [7, 11) is 0. The maximum absolute atomic E-state index is 12.3. The third kappa shape index (κ3) is 4.64. The van der Waals surface area contributed by atoms with Crippen molar-refractivity contribution in [2.24, 2.45) is 0 Å². The van der Waals surface area contributed by atoms with Crippen LogP contribution in [-0.2, 0) is 9.53 Å². The van der Waals surface area contributed by atoms with Crippen molar-refractivity contribution in [2.75, 3.05) is 31.1 Å². The first-order valence-corrected chi connectivity index (χ1v) is 8.90. The molecule has 2 saturated heterocycles. The summed E-state index contributed by atoms with van der Waals surface area (Å²) >= 11 is 0. The van der Waals surface area contributed by atoms with Gasteiger partial charge in [0.1, 0.15) is 0 Å². The Morgan fingerprint density at radius 1 is 1.46 bits per heavy atom. The summed E-state index contributed by atoms with van der Waals surface area (Å²) < 4.78 is 5.54. The molecule has 1 aromatic rings. The average molecular weight is 333 g/mol. The molecule has 2 aliphatic rings. The SMILES string of the molecule is C[C@H](N[C@H]1CCCN(c2cccnn2)C1)C(=O)NC[C@H]1CCCO1. The number of amides is 1. The largest absolute Gasteiger partial charge is 0.376 e. The van der Waals surface area contributed by atoms with Crippen LogP contribution < -0.4 is 15.5 Å². The first kappa shape index (κ1) is 17.1. The van der Waals surface area contributed by atoms with E-state index in [1.54, 1.807) is 6.20 Å². The standard InChI is InChI=1S/C17H27N5O2/c1-13(17(23)18-11-15-6-4-10-24-15)20-14-5-3-9-22(12-14)16-7-2-8-19-21-16/h2,7-8,13-15,20H,3-6,9-12H2,1H3,(H,18,23)/t13-,14-,15+/m0/s1. The number of rotatable bonds is 6. The highest BCUT2D eigenvalue weighted by molar-refractivity contribution is 5.81. The highest BCUT2D eigenvalue weighted by Crippen LogP contribution is 2.17. The van der Waals surface area contributed by atoms with Crippen molar-refractivity contribution < 1.29 is 9.53 Å². The molecule has 132 valence electrons. The summed E-state index contributed by atoms with van der Waals surface area (Å²) in [6.07, 6.45) is 6.15. The van der Waals surface area contributed by atoms with E-state index in [0.717, 1.165) is 51.2 Å². The number of carbonyl (C=O) groups is 1. The van der Waals surface area contributed by atoms with Crippen LogP contribution in [0.2, 0.25) is 0 Å². The maximum Gasteiger partial charge on any atom is 0.236 e. The van der Waals surface area contributed by atoms with E-state index in [1.165, 1.54) is 0 Å². The number of piperidine rings is 1. The van der Waals surface area contributed by atoms with E-state index in [4.69, 9.17) is 4.74 Å². The van der Waals surface area contributed by atoms with Crippen molar-refractivity contribution in [1.82, 2.24) is 20.8 Å². The van der Waals surface area contributed by atoms with Gasteiger partial charge >= 0.3 is 0 Å². The van der Waals surface area contributed by atoms with Gasteiger partial charge in [0.05, 0.1) is 12.1 Å². The molecule has 2 fully saturated rings. The first-order valence-electron chi connectivity index (χ1n) is 8.90. The molecule has 0 bridgehead atoms. The van der Waals surface area contributed by atoms with Crippen molar-refractivity contribution in [3.63, 3.8) is 0 Å². The van der Waals surface area contributed by atoms with Gasteiger partial charge < -0.3 is 20.3 Å². The number of ether oxygens (including phenoxy) is 1. The normalized spacial score (nSPS) is 25.5. The summed E-state index contributed by atoms with van der Waals surface area (Å²) in [5, 5.41) is 14.6. The lowest BCUT2D eigenvalue weighted by molar-refractivity contribution is -0.123. The van der Waals surface area contributed by atoms with Crippen LogP contribution in [0.25, 0.3) is 0 Å². The van der Waals surface area contributed by atoms with Crippen molar-refractivity contribution in [3.8, 4) is 0 Å². The van der Waals surface area contributed by atoms with E-state index in [-0.39, 0.29) is 24.1 Å².